The van der Waals surface area contributed by atoms with Gasteiger partial charge in [0, 0.05) is 17.3 Å². The summed E-state index contributed by atoms with van der Waals surface area (Å²) in [6, 6.07) is 13.1. The quantitative estimate of drug-likeness (QED) is 0.762. The number of urea groups is 1. The second-order valence-corrected chi connectivity index (χ2v) is 5.77. The van der Waals surface area contributed by atoms with E-state index in [9.17, 15) is 4.79 Å². The number of ether oxygens (including phenoxy) is 1. The van der Waals surface area contributed by atoms with E-state index in [-0.39, 0.29) is 6.03 Å². The highest BCUT2D eigenvalue weighted by Crippen LogP contribution is 2.19. The van der Waals surface area contributed by atoms with Gasteiger partial charge in [-0.25, -0.2) is 4.79 Å². The molecule has 2 aromatic rings. The molecule has 0 spiro atoms. The fourth-order valence-electron chi connectivity index (χ4n) is 1.94. The molecule has 0 unspecified atom stereocenters. The van der Waals surface area contributed by atoms with Crippen LogP contribution in [-0.4, -0.2) is 19.2 Å². The van der Waals surface area contributed by atoms with Crippen LogP contribution in [0.25, 0.3) is 0 Å². The van der Waals surface area contributed by atoms with Crippen LogP contribution in [0.5, 0.6) is 5.75 Å². The van der Waals surface area contributed by atoms with Gasteiger partial charge in [0.15, 0.2) is 0 Å². The summed E-state index contributed by atoms with van der Waals surface area (Å²) in [4.78, 5) is 11.8. The van der Waals surface area contributed by atoms with E-state index in [0.29, 0.717) is 23.9 Å². The topological polar surface area (TPSA) is 50.4 Å². The molecule has 2 N–H and O–H groups in total. The summed E-state index contributed by atoms with van der Waals surface area (Å²) in [6.07, 6.45) is 0.732. The minimum Gasteiger partial charge on any atom is -0.494 e. The Hall–Kier alpha value is -2.20. The summed E-state index contributed by atoms with van der Waals surface area (Å²) in [5.74, 6) is 0.842. The molecular formula is C18H21ClN2O2. The van der Waals surface area contributed by atoms with Crippen LogP contribution in [0.15, 0.2) is 42.5 Å². The Kier molecular flexibility index (Phi) is 6.29. The summed E-state index contributed by atoms with van der Waals surface area (Å²) in [6.45, 7) is 5.05. The van der Waals surface area contributed by atoms with Crippen molar-refractivity contribution in [1.29, 1.82) is 0 Å². The molecular weight excluding hydrogens is 312 g/mol. The maximum Gasteiger partial charge on any atom is 0.319 e. The lowest BCUT2D eigenvalue weighted by molar-refractivity contribution is 0.250. The molecule has 0 aromatic heterocycles. The van der Waals surface area contributed by atoms with E-state index in [4.69, 9.17) is 16.3 Å². The van der Waals surface area contributed by atoms with Crippen molar-refractivity contribution in [3.8, 4) is 5.75 Å². The largest absolute Gasteiger partial charge is 0.494 e. The van der Waals surface area contributed by atoms with Gasteiger partial charge < -0.3 is 15.4 Å². The molecule has 0 aliphatic heterocycles. The lowest BCUT2D eigenvalue weighted by Gasteiger charge is -2.09. The summed E-state index contributed by atoms with van der Waals surface area (Å²) in [7, 11) is 0. The number of hydrogen-bond acceptors (Lipinski definition) is 2. The maximum absolute atomic E-state index is 11.8. The van der Waals surface area contributed by atoms with E-state index in [0.717, 1.165) is 17.7 Å². The van der Waals surface area contributed by atoms with Crippen LogP contribution < -0.4 is 15.4 Å². The van der Waals surface area contributed by atoms with Crippen LogP contribution in [0.1, 0.15) is 17.5 Å². The number of rotatable bonds is 6. The van der Waals surface area contributed by atoms with Crippen LogP contribution in [0.2, 0.25) is 5.02 Å². The van der Waals surface area contributed by atoms with Gasteiger partial charge in [-0.2, -0.15) is 0 Å². The van der Waals surface area contributed by atoms with Crippen LogP contribution in [0.4, 0.5) is 10.5 Å². The lowest BCUT2D eigenvalue weighted by atomic mass is 10.2. The van der Waals surface area contributed by atoms with Crippen molar-refractivity contribution >= 4 is 23.3 Å². The SMILES string of the molecule is Cc1ccc(OCCCNC(=O)Nc2ccc(C)c(Cl)c2)cc1. The molecule has 0 bridgehead atoms. The molecule has 0 saturated heterocycles. The van der Waals surface area contributed by atoms with E-state index < -0.39 is 0 Å². The zero-order valence-electron chi connectivity index (χ0n) is 13.4. The minimum absolute atomic E-state index is 0.250. The van der Waals surface area contributed by atoms with Gasteiger partial charge in [-0.15, -0.1) is 0 Å². The number of halogens is 1. The van der Waals surface area contributed by atoms with Crippen molar-refractivity contribution in [2.75, 3.05) is 18.5 Å². The zero-order chi connectivity index (χ0) is 16.7. The Labute approximate surface area is 141 Å². The number of amides is 2. The predicted molar refractivity (Wildman–Crippen MR) is 94.5 cm³/mol. The Morgan fingerprint density at radius 2 is 1.87 bits per heavy atom. The van der Waals surface area contributed by atoms with Gasteiger partial charge >= 0.3 is 6.03 Å². The smallest absolute Gasteiger partial charge is 0.319 e. The predicted octanol–water partition coefficient (Wildman–Crippen LogP) is 4.55. The first-order chi connectivity index (χ1) is 11.0. The third-order valence-electron chi connectivity index (χ3n) is 3.33. The molecule has 0 fully saturated rings. The highest BCUT2D eigenvalue weighted by atomic mass is 35.5. The first kappa shape index (κ1) is 17.2. The van der Waals surface area contributed by atoms with Gasteiger partial charge in [0.1, 0.15) is 5.75 Å². The fourth-order valence-corrected chi connectivity index (χ4v) is 2.13. The van der Waals surface area contributed by atoms with E-state index in [2.05, 4.69) is 10.6 Å². The number of carbonyl (C=O) groups is 1. The van der Waals surface area contributed by atoms with E-state index in [1.165, 1.54) is 5.56 Å². The van der Waals surface area contributed by atoms with Crippen LogP contribution in [0.3, 0.4) is 0 Å². The lowest BCUT2D eigenvalue weighted by Crippen LogP contribution is -2.30. The van der Waals surface area contributed by atoms with Gasteiger partial charge in [-0.3, -0.25) is 0 Å². The fraction of sp³-hybridized carbons (Fsp3) is 0.278. The molecule has 0 heterocycles. The molecule has 5 heteroatoms. The average Bonchev–Trinajstić information content (AvgIpc) is 2.52. The van der Waals surface area contributed by atoms with Crippen molar-refractivity contribution in [3.05, 3.63) is 58.6 Å². The summed E-state index contributed by atoms with van der Waals surface area (Å²) in [5.41, 5.74) is 2.85. The Morgan fingerprint density at radius 1 is 1.13 bits per heavy atom. The summed E-state index contributed by atoms with van der Waals surface area (Å²) < 4.78 is 5.60. The Morgan fingerprint density at radius 3 is 2.57 bits per heavy atom. The third-order valence-corrected chi connectivity index (χ3v) is 3.73. The first-order valence-corrected chi connectivity index (χ1v) is 7.93. The second kappa shape index (κ2) is 8.44. The van der Waals surface area contributed by atoms with Crippen molar-refractivity contribution < 1.29 is 9.53 Å². The number of aryl methyl sites for hydroxylation is 2. The first-order valence-electron chi connectivity index (χ1n) is 7.55. The van der Waals surface area contributed by atoms with Crippen LogP contribution in [-0.2, 0) is 0 Å². The molecule has 2 rings (SSSR count). The highest BCUT2D eigenvalue weighted by Gasteiger charge is 2.03. The molecule has 2 aromatic carbocycles. The number of nitrogens with one attached hydrogen (secondary N) is 2. The maximum atomic E-state index is 11.8. The highest BCUT2D eigenvalue weighted by molar-refractivity contribution is 6.31. The number of hydrogen-bond donors (Lipinski definition) is 2. The molecule has 0 atom stereocenters. The number of benzene rings is 2. The summed E-state index contributed by atoms with van der Waals surface area (Å²) >= 11 is 6.02. The molecule has 0 aliphatic carbocycles. The number of carbonyl (C=O) groups excluding carboxylic acids is 1. The normalized spacial score (nSPS) is 10.2. The minimum atomic E-state index is -0.250. The average molecular weight is 333 g/mol. The van der Waals surface area contributed by atoms with Gasteiger partial charge in [-0.05, 0) is 50.1 Å². The Balaban J connectivity index is 1.64. The van der Waals surface area contributed by atoms with Gasteiger partial charge in [-0.1, -0.05) is 35.4 Å². The second-order valence-electron chi connectivity index (χ2n) is 5.36. The molecule has 2 amide bonds. The molecule has 23 heavy (non-hydrogen) atoms. The number of anilines is 1. The van der Waals surface area contributed by atoms with Crippen molar-refractivity contribution in [2.45, 2.75) is 20.3 Å². The van der Waals surface area contributed by atoms with E-state index in [1.54, 1.807) is 6.07 Å². The van der Waals surface area contributed by atoms with Crippen molar-refractivity contribution in [1.82, 2.24) is 5.32 Å². The van der Waals surface area contributed by atoms with Crippen molar-refractivity contribution in [2.24, 2.45) is 0 Å². The molecule has 0 radical (unpaired) electrons. The molecule has 0 saturated carbocycles. The molecule has 4 nitrogen and oxygen atoms in total. The van der Waals surface area contributed by atoms with Crippen molar-refractivity contribution in [3.63, 3.8) is 0 Å². The van der Waals surface area contributed by atoms with Crippen LogP contribution in [0, 0.1) is 13.8 Å². The monoisotopic (exact) mass is 332 g/mol. The van der Waals surface area contributed by atoms with E-state index >= 15 is 0 Å². The molecule has 0 aliphatic rings. The molecule has 122 valence electrons. The van der Waals surface area contributed by atoms with E-state index in [1.807, 2.05) is 50.2 Å². The van der Waals surface area contributed by atoms with Gasteiger partial charge in [0.05, 0.1) is 6.61 Å². The summed E-state index contributed by atoms with van der Waals surface area (Å²) in [5, 5.41) is 6.17. The Bertz CT molecular complexity index is 657. The van der Waals surface area contributed by atoms with Crippen LogP contribution >= 0.6 is 11.6 Å². The standard InChI is InChI=1S/C18H21ClN2O2/c1-13-4-8-16(9-5-13)23-11-3-10-20-18(22)21-15-7-6-14(2)17(19)12-15/h4-9,12H,3,10-11H2,1-2H3,(H2,20,21,22). The zero-order valence-corrected chi connectivity index (χ0v) is 14.1. The van der Waals surface area contributed by atoms with Gasteiger partial charge in [0.2, 0.25) is 0 Å². The third kappa shape index (κ3) is 5.83. The van der Waals surface area contributed by atoms with Gasteiger partial charge in [0.25, 0.3) is 0 Å².